The lowest BCUT2D eigenvalue weighted by molar-refractivity contribution is -0.142. The van der Waals surface area contributed by atoms with E-state index in [1.54, 1.807) is 0 Å². The van der Waals surface area contributed by atoms with Gasteiger partial charge in [-0.3, -0.25) is 4.79 Å². The van der Waals surface area contributed by atoms with Crippen LogP contribution in [0.1, 0.15) is 5.56 Å². The molecule has 0 aromatic heterocycles. The van der Waals surface area contributed by atoms with Gasteiger partial charge in [-0.25, -0.2) is 0 Å². The molecule has 5 nitrogen and oxygen atoms in total. The molecule has 16 heavy (non-hydrogen) atoms. The molecule has 0 spiro atoms. The topological polar surface area (TPSA) is 92.8 Å². The van der Waals surface area contributed by atoms with Crippen molar-refractivity contribution >= 4 is 5.97 Å². The Balaban J connectivity index is 2.28. The van der Waals surface area contributed by atoms with Crippen molar-refractivity contribution < 1.29 is 19.7 Å². The highest BCUT2D eigenvalue weighted by molar-refractivity contribution is 5.73. The minimum Gasteiger partial charge on any atom is -0.480 e. The molecule has 4 N–H and O–H groups in total. The van der Waals surface area contributed by atoms with Crippen molar-refractivity contribution in [2.75, 3.05) is 6.61 Å². The van der Waals surface area contributed by atoms with E-state index in [1.807, 2.05) is 30.3 Å². The maximum absolute atomic E-state index is 10.4. The number of aliphatic hydroxyl groups excluding tert-OH is 1. The molecule has 1 aromatic rings. The third kappa shape index (κ3) is 3.98. The number of carbonyl (C=O) groups is 1. The Kier molecular flexibility index (Phi) is 4.91. The van der Waals surface area contributed by atoms with E-state index in [0.717, 1.165) is 5.56 Å². The average molecular weight is 225 g/mol. The number of aliphatic carboxylic acids is 1. The van der Waals surface area contributed by atoms with E-state index in [1.165, 1.54) is 0 Å². The Hall–Kier alpha value is -1.43. The van der Waals surface area contributed by atoms with Crippen LogP contribution in [0, 0.1) is 0 Å². The van der Waals surface area contributed by atoms with Gasteiger partial charge in [-0.05, 0) is 5.56 Å². The van der Waals surface area contributed by atoms with Crippen LogP contribution in [-0.4, -0.2) is 34.9 Å². The number of nitrogens with two attached hydrogens (primary N) is 1. The second-order valence-electron chi connectivity index (χ2n) is 3.43. The van der Waals surface area contributed by atoms with Gasteiger partial charge in [0, 0.05) is 0 Å². The van der Waals surface area contributed by atoms with E-state index in [0.29, 0.717) is 6.61 Å². The lowest BCUT2D eigenvalue weighted by Gasteiger charge is -2.14. The standard InChI is InChI=1S/C11H15NO4/c12-10(11(14)15)9(13)7-16-6-8-4-2-1-3-5-8/h1-5,9-10,13H,6-7,12H2,(H,14,15)/t9-,10+/m0/s1. The normalized spacial score (nSPS) is 14.4. The first-order chi connectivity index (χ1) is 7.61. The van der Waals surface area contributed by atoms with Crippen molar-refractivity contribution in [1.29, 1.82) is 0 Å². The molecule has 0 aliphatic carbocycles. The molecule has 0 bridgehead atoms. The highest BCUT2D eigenvalue weighted by atomic mass is 16.5. The van der Waals surface area contributed by atoms with Crippen LogP contribution in [0.5, 0.6) is 0 Å². The summed E-state index contributed by atoms with van der Waals surface area (Å²) in [6.07, 6.45) is -1.19. The van der Waals surface area contributed by atoms with Gasteiger partial charge in [0.25, 0.3) is 0 Å². The van der Waals surface area contributed by atoms with E-state index in [4.69, 9.17) is 15.6 Å². The first kappa shape index (κ1) is 12.6. The minimum absolute atomic E-state index is 0.0949. The number of rotatable bonds is 6. The first-order valence-electron chi connectivity index (χ1n) is 4.89. The third-order valence-corrected chi connectivity index (χ3v) is 2.10. The molecular formula is C11H15NO4. The lowest BCUT2D eigenvalue weighted by atomic mass is 10.2. The Morgan fingerprint density at radius 3 is 2.56 bits per heavy atom. The number of hydrogen-bond acceptors (Lipinski definition) is 4. The maximum Gasteiger partial charge on any atom is 0.323 e. The van der Waals surface area contributed by atoms with Crippen molar-refractivity contribution in [3.63, 3.8) is 0 Å². The molecule has 0 radical (unpaired) electrons. The zero-order chi connectivity index (χ0) is 12.0. The minimum atomic E-state index is -1.31. The van der Waals surface area contributed by atoms with Crippen molar-refractivity contribution in [3.05, 3.63) is 35.9 Å². The number of carboxylic acid groups (broad SMARTS) is 1. The highest BCUT2D eigenvalue weighted by Gasteiger charge is 2.21. The number of hydrogen-bond donors (Lipinski definition) is 3. The fraction of sp³-hybridized carbons (Fsp3) is 0.364. The summed E-state index contributed by atoms with van der Waals surface area (Å²) >= 11 is 0. The summed E-state index contributed by atoms with van der Waals surface area (Å²) in [6.45, 7) is 0.229. The smallest absolute Gasteiger partial charge is 0.323 e. The van der Waals surface area contributed by atoms with Gasteiger partial charge in [0.05, 0.1) is 13.2 Å². The summed E-state index contributed by atoms with van der Waals surface area (Å²) in [6, 6.07) is 8.08. The predicted molar refractivity (Wildman–Crippen MR) is 57.7 cm³/mol. The van der Waals surface area contributed by atoms with E-state index in [-0.39, 0.29) is 6.61 Å². The quantitative estimate of drug-likeness (QED) is 0.632. The predicted octanol–water partition coefficient (Wildman–Crippen LogP) is -0.0240. The monoisotopic (exact) mass is 225 g/mol. The highest BCUT2D eigenvalue weighted by Crippen LogP contribution is 2.01. The maximum atomic E-state index is 10.4. The fourth-order valence-electron chi connectivity index (χ4n) is 1.14. The van der Waals surface area contributed by atoms with Crippen molar-refractivity contribution in [3.8, 4) is 0 Å². The summed E-state index contributed by atoms with van der Waals surface area (Å²) in [5.41, 5.74) is 6.17. The number of carboxylic acids is 1. The first-order valence-corrected chi connectivity index (χ1v) is 4.89. The van der Waals surface area contributed by atoms with Gasteiger partial charge in [-0.15, -0.1) is 0 Å². The summed E-state index contributed by atoms with van der Waals surface area (Å²) in [5.74, 6) is -1.24. The molecule has 0 heterocycles. The van der Waals surface area contributed by atoms with Gasteiger partial charge in [0.15, 0.2) is 0 Å². The molecule has 1 rings (SSSR count). The molecule has 0 saturated heterocycles. The average Bonchev–Trinajstić information content (AvgIpc) is 2.29. The number of ether oxygens (including phenoxy) is 1. The molecule has 0 aliphatic heterocycles. The van der Waals surface area contributed by atoms with Gasteiger partial charge in [-0.2, -0.15) is 0 Å². The van der Waals surface area contributed by atoms with Crippen LogP contribution in [0.3, 0.4) is 0 Å². The molecule has 1 aromatic carbocycles. The van der Waals surface area contributed by atoms with Crippen LogP contribution >= 0.6 is 0 Å². The van der Waals surface area contributed by atoms with Crippen molar-refractivity contribution in [1.82, 2.24) is 0 Å². The lowest BCUT2D eigenvalue weighted by Crippen LogP contribution is -2.44. The number of aliphatic hydroxyl groups is 1. The van der Waals surface area contributed by atoms with E-state index in [2.05, 4.69) is 0 Å². The van der Waals surface area contributed by atoms with Gasteiger partial charge in [0.2, 0.25) is 0 Å². The number of benzene rings is 1. The van der Waals surface area contributed by atoms with Gasteiger partial charge in [0.1, 0.15) is 12.1 Å². The molecule has 0 unspecified atom stereocenters. The van der Waals surface area contributed by atoms with Crippen LogP contribution in [0.25, 0.3) is 0 Å². The largest absolute Gasteiger partial charge is 0.480 e. The Bertz CT molecular complexity index is 328. The second-order valence-corrected chi connectivity index (χ2v) is 3.43. The third-order valence-electron chi connectivity index (χ3n) is 2.10. The van der Waals surface area contributed by atoms with Gasteiger partial charge < -0.3 is 20.7 Å². The van der Waals surface area contributed by atoms with E-state index >= 15 is 0 Å². The molecule has 0 aliphatic rings. The van der Waals surface area contributed by atoms with Crippen molar-refractivity contribution in [2.24, 2.45) is 5.73 Å². The van der Waals surface area contributed by atoms with Crippen molar-refractivity contribution in [2.45, 2.75) is 18.8 Å². The molecule has 5 heteroatoms. The van der Waals surface area contributed by atoms with Crippen LogP contribution in [0.15, 0.2) is 30.3 Å². The molecule has 2 atom stereocenters. The van der Waals surface area contributed by atoms with Gasteiger partial charge in [-0.1, -0.05) is 30.3 Å². The Morgan fingerprint density at radius 1 is 1.38 bits per heavy atom. The van der Waals surface area contributed by atoms with Gasteiger partial charge >= 0.3 is 5.97 Å². The summed E-state index contributed by atoms with van der Waals surface area (Å²) < 4.78 is 5.16. The van der Waals surface area contributed by atoms with Crippen LogP contribution < -0.4 is 5.73 Å². The second kappa shape index (κ2) is 6.22. The van der Waals surface area contributed by atoms with E-state index in [9.17, 15) is 9.90 Å². The Labute approximate surface area is 93.5 Å². The molecule has 0 amide bonds. The summed E-state index contributed by atoms with van der Waals surface area (Å²) in [5, 5.41) is 17.9. The zero-order valence-electron chi connectivity index (χ0n) is 8.74. The van der Waals surface area contributed by atoms with Crippen LogP contribution in [0.4, 0.5) is 0 Å². The van der Waals surface area contributed by atoms with Crippen LogP contribution in [0.2, 0.25) is 0 Å². The van der Waals surface area contributed by atoms with Crippen LogP contribution in [-0.2, 0) is 16.1 Å². The summed E-state index contributed by atoms with van der Waals surface area (Å²) in [7, 11) is 0. The molecule has 0 fully saturated rings. The molecule has 0 saturated carbocycles. The molecular weight excluding hydrogens is 210 g/mol. The SMILES string of the molecule is N[C@@H](C(=O)O)[C@@H](O)COCc1ccccc1. The molecule has 88 valence electrons. The zero-order valence-corrected chi connectivity index (χ0v) is 8.74. The van der Waals surface area contributed by atoms with E-state index < -0.39 is 18.1 Å². The fourth-order valence-corrected chi connectivity index (χ4v) is 1.14. The summed E-state index contributed by atoms with van der Waals surface area (Å²) in [4.78, 5) is 10.4. The Morgan fingerprint density at radius 2 is 2.00 bits per heavy atom.